The fourth-order valence-electron chi connectivity index (χ4n) is 2.29. The Morgan fingerprint density at radius 1 is 1.43 bits per heavy atom. The number of hydrogen-bond acceptors (Lipinski definition) is 8. The fourth-order valence-corrected chi connectivity index (χ4v) is 2.66. The van der Waals surface area contributed by atoms with Crippen molar-refractivity contribution in [1.82, 2.24) is 9.96 Å². The van der Waals surface area contributed by atoms with Crippen molar-refractivity contribution in [3.8, 4) is 0 Å². The second-order valence-corrected chi connectivity index (χ2v) is 5.29. The van der Waals surface area contributed by atoms with Crippen LogP contribution in [0.2, 0.25) is 0 Å². The molecule has 1 N–H and O–H groups in total. The Morgan fingerprint density at radius 3 is 2.62 bits per heavy atom. The topological polar surface area (TPSA) is 135 Å². The SMILES string of the molecule is CON=C1C[C@@H](C(=O)OC)N2C[C@@H]1N(OS(=O)(=O)O)C2=O. The molecule has 0 aromatic carbocycles. The summed E-state index contributed by atoms with van der Waals surface area (Å²) < 4.78 is 39.2. The average Bonchev–Trinajstić information content (AvgIpc) is 2.66. The highest BCUT2D eigenvalue weighted by atomic mass is 32.3. The van der Waals surface area contributed by atoms with Gasteiger partial charge in [0.1, 0.15) is 19.2 Å². The number of nitrogens with zero attached hydrogens (tertiary/aromatic N) is 3. The van der Waals surface area contributed by atoms with Crippen molar-refractivity contribution in [2.24, 2.45) is 5.16 Å². The molecule has 0 aromatic rings. The van der Waals surface area contributed by atoms with Gasteiger partial charge in [-0.05, 0) is 0 Å². The van der Waals surface area contributed by atoms with Crippen LogP contribution in [-0.4, -0.2) is 73.5 Å². The van der Waals surface area contributed by atoms with E-state index in [0.29, 0.717) is 5.06 Å². The minimum Gasteiger partial charge on any atom is -0.467 e. The number of methoxy groups -OCH3 is 1. The minimum atomic E-state index is -4.89. The smallest absolute Gasteiger partial charge is 0.418 e. The Kier molecular flexibility index (Phi) is 4.02. The van der Waals surface area contributed by atoms with E-state index in [2.05, 4.69) is 19.0 Å². The molecule has 0 saturated carbocycles. The van der Waals surface area contributed by atoms with Crippen molar-refractivity contribution in [1.29, 1.82) is 0 Å². The van der Waals surface area contributed by atoms with E-state index < -0.39 is 34.5 Å². The standard InChI is InChI=1S/C9H13N3O8S/c1-18-8(13)6-3-5(10-19-2)7-4-11(6)9(14)12(7)20-21(15,16)17/h6-7H,3-4H2,1-2H3,(H,15,16,17)/t6-,7-/m0/s1. The number of carbonyl (C=O) groups is 2. The minimum absolute atomic E-state index is 0.00224. The molecule has 21 heavy (non-hydrogen) atoms. The Hall–Kier alpha value is -1.92. The van der Waals surface area contributed by atoms with Gasteiger partial charge < -0.3 is 14.5 Å². The Morgan fingerprint density at radius 2 is 2.10 bits per heavy atom. The van der Waals surface area contributed by atoms with E-state index in [1.807, 2.05) is 0 Å². The maximum atomic E-state index is 12.1. The first kappa shape index (κ1) is 15.5. The van der Waals surface area contributed by atoms with Crippen LogP contribution in [0.25, 0.3) is 0 Å². The lowest BCUT2D eigenvalue weighted by Crippen LogP contribution is -2.49. The molecule has 2 aliphatic rings. The number of amides is 2. The molecule has 0 aliphatic carbocycles. The highest BCUT2D eigenvalue weighted by molar-refractivity contribution is 7.80. The van der Waals surface area contributed by atoms with Gasteiger partial charge in [0.25, 0.3) is 0 Å². The molecule has 2 bridgehead atoms. The number of oxime groups is 1. The molecule has 2 rings (SSSR count). The zero-order valence-corrected chi connectivity index (χ0v) is 11.9. The Balaban J connectivity index is 2.36. The molecule has 0 unspecified atom stereocenters. The number of urea groups is 1. The number of carbonyl (C=O) groups excluding carboxylic acids is 2. The van der Waals surface area contributed by atoms with E-state index in [4.69, 9.17) is 4.55 Å². The van der Waals surface area contributed by atoms with Gasteiger partial charge in [-0.3, -0.25) is 4.55 Å². The molecule has 0 spiro atoms. The first-order valence-corrected chi connectivity index (χ1v) is 7.09. The van der Waals surface area contributed by atoms with Crippen molar-refractivity contribution >= 4 is 28.1 Å². The Bertz CT molecular complexity index is 588. The van der Waals surface area contributed by atoms with Crippen LogP contribution in [0.3, 0.4) is 0 Å². The molecular weight excluding hydrogens is 310 g/mol. The third-order valence-corrected chi connectivity index (χ3v) is 3.46. The molecule has 2 aliphatic heterocycles. The van der Waals surface area contributed by atoms with Crippen LogP contribution in [0.4, 0.5) is 4.79 Å². The van der Waals surface area contributed by atoms with Crippen molar-refractivity contribution in [2.75, 3.05) is 20.8 Å². The van der Waals surface area contributed by atoms with Gasteiger partial charge in [0, 0.05) is 6.42 Å². The zero-order valence-electron chi connectivity index (χ0n) is 11.1. The maximum absolute atomic E-state index is 12.1. The molecule has 11 nitrogen and oxygen atoms in total. The first-order valence-electron chi connectivity index (χ1n) is 5.73. The van der Waals surface area contributed by atoms with E-state index in [0.717, 1.165) is 12.0 Å². The molecule has 118 valence electrons. The summed E-state index contributed by atoms with van der Waals surface area (Å²) in [6.07, 6.45) is 0.00224. The summed E-state index contributed by atoms with van der Waals surface area (Å²) in [6.45, 7) is -0.0453. The van der Waals surface area contributed by atoms with Gasteiger partial charge in [-0.25, -0.2) is 9.59 Å². The summed E-state index contributed by atoms with van der Waals surface area (Å²) in [6, 6.07) is -2.75. The van der Waals surface area contributed by atoms with Crippen LogP contribution in [-0.2, 0) is 29.1 Å². The molecule has 2 fully saturated rings. The largest absolute Gasteiger partial charge is 0.467 e. The number of piperidine rings is 1. The van der Waals surface area contributed by atoms with Crippen molar-refractivity contribution in [2.45, 2.75) is 18.5 Å². The summed E-state index contributed by atoms with van der Waals surface area (Å²) in [7, 11) is -2.47. The van der Waals surface area contributed by atoms with Crippen LogP contribution < -0.4 is 0 Å². The molecule has 12 heteroatoms. The summed E-state index contributed by atoms with van der Waals surface area (Å²) in [5.41, 5.74) is 0.221. The van der Waals surface area contributed by atoms with Gasteiger partial charge in [-0.1, -0.05) is 5.16 Å². The molecule has 2 saturated heterocycles. The molecule has 0 aromatic heterocycles. The quantitative estimate of drug-likeness (QED) is 0.386. The summed E-state index contributed by atoms with van der Waals surface area (Å²) in [5, 5.41) is 4.12. The third-order valence-electron chi connectivity index (χ3n) is 3.11. The summed E-state index contributed by atoms with van der Waals surface area (Å²) >= 11 is 0. The van der Waals surface area contributed by atoms with E-state index >= 15 is 0 Å². The first-order chi connectivity index (χ1) is 9.78. The van der Waals surface area contributed by atoms with Crippen molar-refractivity contribution in [3.63, 3.8) is 0 Å². The normalized spacial score (nSPS) is 27.2. The van der Waals surface area contributed by atoms with Gasteiger partial charge in [0.15, 0.2) is 0 Å². The molecule has 2 amide bonds. The number of rotatable bonds is 4. The van der Waals surface area contributed by atoms with Gasteiger partial charge in [0.2, 0.25) is 0 Å². The predicted molar refractivity (Wildman–Crippen MR) is 65.2 cm³/mol. The highest BCUT2D eigenvalue weighted by Crippen LogP contribution is 2.30. The van der Waals surface area contributed by atoms with E-state index in [1.165, 1.54) is 7.11 Å². The third kappa shape index (κ3) is 2.91. The van der Waals surface area contributed by atoms with Gasteiger partial charge in [-0.2, -0.15) is 13.5 Å². The maximum Gasteiger partial charge on any atom is 0.418 e. The average molecular weight is 323 g/mol. The number of hydrogen-bond donors (Lipinski definition) is 1. The second-order valence-electron chi connectivity index (χ2n) is 4.29. The number of hydroxylamine groups is 2. The monoisotopic (exact) mass is 323 g/mol. The van der Waals surface area contributed by atoms with E-state index in [9.17, 15) is 18.0 Å². The highest BCUT2D eigenvalue weighted by Gasteiger charge is 2.53. The van der Waals surface area contributed by atoms with Crippen LogP contribution in [0.1, 0.15) is 6.42 Å². The van der Waals surface area contributed by atoms with Gasteiger partial charge in [0.05, 0.1) is 19.4 Å². The van der Waals surface area contributed by atoms with Crippen molar-refractivity contribution in [3.05, 3.63) is 0 Å². The van der Waals surface area contributed by atoms with Crippen LogP contribution in [0.15, 0.2) is 5.16 Å². The molecule has 2 atom stereocenters. The molecule has 2 heterocycles. The zero-order chi connectivity index (χ0) is 15.8. The van der Waals surface area contributed by atoms with Crippen molar-refractivity contribution < 1.29 is 36.4 Å². The lowest BCUT2D eigenvalue weighted by atomic mass is 9.99. The number of esters is 1. The van der Waals surface area contributed by atoms with Crippen LogP contribution >= 0.6 is 0 Å². The fraction of sp³-hybridized carbons (Fsp3) is 0.667. The van der Waals surface area contributed by atoms with Crippen LogP contribution in [0, 0.1) is 0 Å². The second kappa shape index (κ2) is 5.46. The number of ether oxygens (including phenoxy) is 1. The van der Waals surface area contributed by atoms with E-state index in [1.54, 1.807) is 0 Å². The Labute approximate surface area is 119 Å². The predicted octanol–water partition coefficient (Wildman–Crippen LogP) is -1.23. The lowest BCUT2D eigenvalue weighted by Gasteiger charge is -2.28. The van der Waals surface area contributed by atoms with E-state index in [-0.39, 0.29) is 18.7 Å². The molecule has 0 radical (unpaired) electrons. The molecular formula is C9H13N3O8S. The van der Waals surface area contributed by atoms with Crippen LogP contribution in [0.5, 0.6) is 0 Å². The van der Waals surface area contributed by atoms with Gasteiger partial charge >= 0.3 is 22.4 Å². The summed E-state index contributed by atoms with van der Waals surface area (Å²) in [5.74, 6) is -0.681. The lowest BCUT2D eigenvalue weighted by molar-refractivity contribution is -0.145. The van der Waals surface area contributed by atoms with Gasteiger partial charge in [-0.15, -0.1) is 4.28 Å². The number of fused-ring (bicyclic) bond motifs is 2. The summed E-state index contributed by atoms with van der Waals surface area (Å²) in [4.78, 5) is 29.5.